The third kappa shape index (κ3) is 5.52. The molecule has 3 rings (SSSR count). The van der Waals surface area contributed by atoms with Gasteiger partial charge in [0.1, 0.15) is 0 Å². The second-order valence-corrected chi connectivity index (χ2v) is 6.88. The molecule has 0 saturated carbocycles. The molecule has 10 heteroatoms. The van der Waals surface area contributed by atoms with Crippen LogP contribution in [0.15, 0.2) is 30.3 Å². The number of benzene rings is 1. The molecule has 0 amide bonds. The summed E-state index contributed by atoms with van der Waals surface area (Å²) in [5, 5.41) is 14.6. The molecule has 29 heavy (non-hydrogen) atoms. The van der Waals surface area contributed by atoms with Crippen LogP contribution in [0.3, 0.4) is 0 Å². The molecular formula is C19H27N7O3. The molecule has 0 spiro atoms. The van der Waals surface area contributed by atoms with Crippen LogP contribution >= 0.6 is 0 Å². The van der Waals surface area contributed by atoms with Crippen molar-refractivity contribution < 1.29 is 9.66 Å². The first-order valence-corrected chi connectivity index (χ1v) is 9.64. The zero-order valence-corrected chi connectivity index (χ0v) is 16.6. The predicted octanol–water partition coefficient (Wildman–Crippen LogP) is 1.74. The van der Waals surface area contributed by atoms with Gasteiger partial charge in [0.05, 0.1) is 4.92 Å². The molecule has 10 nitrogen and oxygen atoms in total. The fourth-order valence-electron chi connectivity index (χ4n) is 3.31. The Morgan fingerprint density at radius 2 is 1.93 bits per heavy atom. The van der Waals surface area contributed by atoms with Gasteiger partial charge in [0, 0.05) is 53.0 Å². The number of nitrogens with two attached hydrogens (primary N) is 1. The fourth-order valence-corrected chi connectivity index (χ4v) is 3.31. The molecule has 0 atom stereocenters. The molecule has 3 N–H and O–H groups in total. The molecule has 1 fully saturated rings. The van der Waals surface area contributed by atoms with Crippen LogP contribution in [0.2, 0.25) is 0 Å². The van der Waals surface area contributed by atoms with E-state index in [1.54, 1.807) is 7.11 Å². The van der Waals surface area contributed by atoms with Gasteiger partial charge < -0.3 is 20.7 Å². The van der Waals surface area contributed by atoms with E-state index in [4.69, 9.17) is 10.5 Å². The fraction of sp³-hybridized carbons (Fsp3) is 0.474. The summed E-state index contributed by atoms with van der Waals surface area (Å²) in [7, 11) is 1.63. The van der Waals surface area contributed by atoms with Crippen molar-refractivity contribution in [2.75, 3.05) is 62.4 Å². The Kier molecular flexibility index (Phi) is 7.14. The van der Waals surface area contributed by atoms with Gasteiger partial charge in [-0.2, -0.15) is 9.97 Å². The van der Waals surface area contributed by atoms with E-state index in [0.717, 1.165) is 26.1 Å². The molecule has 0 radical (unpaired) electrons. The number of ether oxygens (including phenoxy) is 1. The van der Waals surface area contributed by atoms with E-state index in [1.165, 1.54) is 5.56 Å². The number of hydrogen-bond donors (Lipinski definition) is 2. The van der Waals surface area contributed by atoms with Crippen LogP contribution < -0.4 is 16.0 Å². The van der Waals surface area contributed by atoms with Crippen molar-refractivity contribution in [2.24, 2.45) is 0 Å². The van der Waals surface area contributed by atoms with Crippen LogP contribution in [0, 0.1) is 10.1 Å². The summed E-state index contributed by atoms with van der Waals surface area (Å²) in [5.74, 6) is 0.447. The highest BCUT2D eigenvalue weighted by molar-refractivity contribution is 5.71. The maximum Gasteiger partial charge on any atom is 0.353 e. The van der Waals surface area contributed by atoms with E-state index in [2.05, 4.69) is 32.3 Å². The number of methoxy groups -OCH3 is 1. The van der Waals surface area contributed by atoms with Crippen molar-refractivity contribution in [2.45, 2.75) is 13.0 Å². The maximum atomic E-state index is 11.6. The van der Waals surface area contributed by atoms with Gasteiger partial charge in [0.15, 0.2) is 0 Å². The number of nitrogen functional groups attached to an aromatic ring is 1. The van der Waals surface area contributed by atoms with Crippen LogP contribution in [0.25, 0.3) is 0 Å². The lowest BCUT2D eigenvalue weighted by atomic mass is 10.2. The lowest BCUT2D eigenvalue weighted by Gasteiger charge is -2.35. The number of anilines is 3. The monoisotopic (exact) mass is 401 g/mol. The topological polar surface area (TPSA) is 123 Å². The minimum Gasteiger partial charge on any atom is -0.385 e. The van der Waals surface area contributed by atoms with Crippen LogP contribution in [-0.2, 0) is 11.3 Å². The predicted molar refractivity (Wildman–Crippen MR) is 112 cm³/mol. The molecule has 2 heterocycles. The minimum atomic E-state index is -0.504. The first-order chi connectivity index (χ1) is 14.1. The summed E-state index contributed by atoms with van der Waals surface area (Å²) < 4.78 is 5.02. The Labute approximate surface area is 169 Å². The largest absolute Gasteiger partial charge is 0.385 e. The summed E-state index contributed by atoms with van der Waals surface area (Å²) in [4.78, 5) is 23.8. The first kappa shape index (κ1) is 20.7. The quantitative estimate of drug-likeness (QED) is 0.367. The molecule has 1 aliphatic rings. The number of rotatable bonds is 9. The average Bonchev–Trinajstić information content (AvgIpc) is 2.72. The Bertz CT molecular complexity index is 811. The SMILES string of the molecule is COCCCNc1nc(N)c([N+](=O)[O-])c(N2CCN(Cc3ccccc3)CC2)n1. The summed E-state index contributed by atoms with van der Waals surface area (Å²) in [6.45, 7) is 4.88. The first-order valence-electron chi connectivity index (χ1n) is 9.64. The normalized spacial score (nSPS) is 14.7. The van der Waals surface area contributed by atoms with Crippen molar-refractivity contribution in [1.82, 2.24) is 14.9 Å². The number of aromatic nitrogens is 2. The van der Waals surface area contributed by atoms with Gasteiger partial charge >= 0.3 is 5.69 Å². The second kappa shape index (κ2) is 9.99. The van der Waals surface area contributed by atoms with E-state index >= 15 is 0 Å². The van der Waals surface area contributed by atoms with E-state index in [-0.39, 0.29) is 17.3 Å². The van der Waals surface area contributed by atoms with E-state index in [9.17, 15) is 10.1 Å². The van der Waals surface area contributed by atoms with Gasteiger partial charge in [-0.15, -0.1) is 0 Å². The molecule has 0 aliphatic carbocycles. The van der Waals surface area contributed by atoms with Crippen LogP contribution in [0.5, 0.6) is 0 Å². The van der Waals surface area contributed by atoms with Gasteiger partial charge in [0.25, 0.3) is 0 Å². The van der Waals surface area contributed by atoms with E-state index in [0.29, 0.717) is 32.2 Å². The summed E-state index contributed by atoms with van der Waals surface area (Å²) in [6.07, 6.45) is 0.768. The van der Waals surface area contributed by atoms with Gasteiger partial charge in [-0.05, 0) is 12.0 Å². The van der Waals surface area contributed by atoms with Gasteiger partial charge in [0.2, 0.25) is 17.6 Å². The molecule has 1 aromatic heterocycles. The number of hydrogen-bond acceptors (Lipinski definition) is 9. The molecule has 156 valence electrons. The van der Waals surface area contributed by atoms with Crippen molar-refractivity contribution in [3.8, 4) is 0 Å². The second-order valence-electron chi connectivity index (χ2n) is 6.88. The molecule has 2 aromatic rings. The lowest BCUT2D eigenvalue weighted by Crippen LogP contribution is -2.46. The van der Waals surface area contributed by atoms with Crippen molar-refractivity contribution >= 4 is 23.3 Å². The Hall–Kier alpha value is -2.98. The number of nitro groups is 1. The molecule has 1 aliphatic heterocycles. The number of nitrogens with zero attached hydrogens (tertiary/aromatic N) is 5. The third-order valence-corrected chi connectivity index (χ3v) is 4.80. The molecule has 1 aromatic carbocycles. The molecular weight excluding hydrogens is 374 g/mol. The Morgan fingerprint density at radius 1 is 1.21 bits per heavy atom. The minimum absolute atomic E-state index is 0.124. The van der Waals surface area contributed by atoms with Crippen LogP contribution in [0.4, 0.5) is 23.3 Å². The summed E-state index contributed by atoms with van der Waals surface area (Å²) in [5.41, 5.74) is 6.91. The van der Waals surface area contributed by atoms with E-state index in [1.807, 2.05) is 23.1 Å². The number of nitrogens with one attached hydrogen (secondary N) is 1. The smallest absolute Gasteiger partial charge is 0.353 e. The highest BCUT2D eigenvalue weighted by atomic mass is 16.6. The highest BCUT2D eigenvalue weighted by Crippen LogP contribution is 2.32. The highest BCUT2D eigenvalue weighted by Gasteiger charge is 2.29. The van der Waals surface area contributed by atoms with Crippen LogP contribution in [-0.4, -0.2) is 66.2 Å². The third-order valence-electron chi connectivity index (χ3n) is 4.80. The zero-order chi connectivity index (χ0) is 20.6. The van der Waals surface area contributed by atoms with Gasteiger partial charge in [-0.25, -0.2) is 0 Å². The Balaban J connectivity index is 1.69. The lowest BCUT2D eigenvalue weighted by molar-refractivity contribution is -0.383. The molecule has 0 unspecified atom stereocenters. The van der Waals surface area contributed by atoms with Crippen LogP contribution in [0.1, 0.15) is 12.0 Å². The maximum absolute atomic E-state index is 11.6. The van der Waals surface area contributed by atoms with E-state index < -0.39 is 4.92 Å². The standard InChI is InChI=1S/C19H27N7O3/c1-29-13-5-8-21-19-22-17(20)16(26(27)28)18(23-19)25-11-9-24(10-12-25)14-15-6-3-2-4-7-15/h2-4,6-7H,5,8-14H2,1H3,(H3,20,21,22,23). The molecule has 1 saturated heterocycles. The Morgan fingerprint density at radius 3 is 2.59 bits per heavy atom. The van der Waals surface area contributed by atoms with Crippen molar-refractivity contribution in [1.29, 1.82) is 0 Å². The van der Waals surface area contributed by atoms with Crippen molar-refractivity contribution in [3.63, 3.8) is 0 Å². The zero-order valence-electron chi connectivity index (χ0n) is 16.6. The molecule has 0 bridgehead atoms. The van der Waals surface area contributed by atoms with Crippen molar-refractivity contribution in [3.05, 3.63) is 46.0 Å². The van der Waals surface area contributed by atoms with Gasteiger partial charge in [-0.3, -0.25) is 15.0 Å². The summed E-state index contributed by atoms with van der Waals surface area (Å²) >= 11 is 0. The number of piperazine rings is 1. The summed E-state index contributed by atoms with van der Waals surface area (Å²) in [6, 6.07) is 10.3. The average molecular weight is 401 g/mol. The van der Waals surface area contributed by atoms with Gasteiger partial charge in [-0.1, -0.05) is 30.3 Å².